The van der Waals surface area contributed by atoms with E-state index in [4.69, 9.17) is 5.73 Å². The van der Waals surface area contributed by atoms with Crippen LogP contribution in [0.2, 0.25) is 0 Å². The lowest BCUT2D eigenvalue weighted by Gasteiger charge is -2.31. The molecule has 1 unspecified atom stereocenters. The van der Waals surface area contributed by atoms with E-state index in [1.54, 1.807) is 0 Å². The minimum absolute atomic E-state index is 0.301. The quantitative estimate of drug-likeness (QED) is 0.776. The third-order valence-corrected chi connectivity index (χ3v) is 5.33. The second kappa shape index (κ2) is 7.60. The number of nitrogens with one attached hydrogen (secondary N) is 2. The lowest BCUT2D eigenvalue weighted by Crippen LogP contribution is -2.38. The van der Waals surface area contributed by atoms with Crippen LogP contribution in [-0.2, 0) is 25.8 Å². The van der Waals surface area contributed by atoms with Crippen LogP contribution in [0.4, 0.5) is 11.8 Å². The molecule has 6 heteroatoms. The zero-order chi connectivity index (χ0) is 17.9. The number of benzene rings is 1. The first-order valence-electron chi connectivity index (χ1n) is 9.60. The van der Waals surface area contributed by atoms with Crippen molar-refractivity contribution in [2.45, 2.75) is 38.8 Å². The molecular weight excluding hydrogens is 324 g/mol. The normalized spacial score (nSPS) is 18.5. The summed E-state index contributed by atoms with van der Waals surface area (Å²) >= 11 is 0. The molecule has 138 valence electrons. The van der Waals surface area contributed by atoms with E-state index in [2.05, 4.69) is 56.7 Å². The van der Waals surface area contributed by atoms with Crippen molar-refractivity contribution in [3.8, 4) is 0 Å². The summed E-state index contributed by atoms with van der Waals surface area (Å²) in [7, 11) is 0. The van der Waals surface area contributed by atoms with Crippen molar-refractivity contribution in [2.24, 2.45) is 0 Å². The Bertz CT molecular complexity index is 775. The Morgan fingerprint density at radius 3 is 2.85 bits per heavy atom. The van der Waals surface area contributed by atoms with E-state index in [0.717, 1.165) is 63.5 Å². The molecule has 6 nitrogen and oxygen atoms in total. The third kappa shape index (κ3) is 3.81. The van der Waals surface area contributed by atoms with E-state index in [9.17, 15) is 0 Å². The molecule has 4 rings (SSSR count). The van der Waals surface area contributed by atoms with Gasteiger partial charge in [-0.15, -0.1) is 0 Å². The van der Waals surface area contributed by atoms with E-state index >= 15 is 0 Å². The summed E-state index contributed by atoms with van der Waals surface area (Å²) < 4.78 is 0. The SMILES string of the molecule is CC(CN1CCc2ccccc2C1)Nc1nc(N)nc2c1CCNCC2. The highest BCUT2D eigenvalue weighted by Crippen LogP contribution is 2.22. The number of nitrogens with zero attached hydrogens (tertiary/aromatic N) is 3. The molecule has 1 atom stereocenters. The van der Waals surface area contributed by atoms with Gasteiger partial charge in [-0.05, 0) is 37.4 Å². The van der Waals surface area contributed by atoms with Crippen molar-refractivity contribution >= 4 is 11.8 Å². The van der Waals surface area contributed by atoms with Crippen molar-refractivity contribution in [3.05, 3.63) is 46.6 Å². The standard InChI is InChI=1S/C20H28N6/c1-14(12-26-11-8-15-4-2-3-5-16(15)13-26)23-19-17-6-9-22-10-7-18(17)24-20(21)25-19/h2-5,14,22H,6-13H2,1H3,(H3,21,23,24,25). The molecule has 0 spiro atoms. The van der Waals surface area contributed by atoms with Gasteiger partial charge < -0.3 is 16.4 Å². The molecule has 2 aliphatic rings. The molecule has 2 aliphatic heterocycles. The van der Waals surface area contributed by atoms with E-state index in [0.29, 0.717) is 12.0 Å². The second-order valence-electron chi connectivity index (χ2n) is 7.40. The highest BCUT2D eigenvalue weighted by molar-refractivity contribution is 5.51. The minimum atomic E-state index is 0.301. The Morgan fingerprint density at radius 2 is 1.96 bits per heavy atom. The van der Waals surface area contributed by atoms with Crippen molar-refractivity contribution in [1.29, 1.82) is 0 Å². The Morgan fingerprint density at radius 1 is 1.15 bits per heavy atom. The second-order valence-corrected chi connectivity index (χ2v) is 7.40. The Kier molecular flexibility index (Phi) is 5.04. The maximum atomic E-state index is 5.95. The van der Waals surface area contributed by atoms with E-state index in [1.807, 2.05) is 0 Å². The Labute approximate surface area is 155 Å². The van der Waals surface area contributed by atoms with Gasteiger partial charge in [-0.1, -0.05) is 24.3 Å². The Balaban J connectivity index is 1.44. The van der Waals surface area contributed by atoms with Gasteiger partial charge in [-0.25, -0.2) is 4.98 Å². The molecular formula is C20H28N6. The highest BCUT2D eigenvalue weighted by atomic mass is 15.2. The van der Waals surface area contributed by atoms with Crippen LogP contribution in [0.5, 0.6) is 0 Å². The Hall–Kier alpha value is -2.18. The molecule has 0 radical (unpaired) electrons. The summed E-state index contributed by atoms with van der Waals surface area (Å²) in [6, 6.07) is 9.07. The van der Waals surface area contributed by atoms with Gasteiger partial charge in [0.25, 0.3) is 0 Å². The molecule has 0 fully saturated rings. The molecule has 4 N–H and O–H groups in total. The number of hydrogen-bond acceptors (Lipinski definition) is 6. The number of anilines is 2. The first-order chi connectivity index (χ1) is 12.7. The van der Waals surface area contributed by atoms with Crippen LogP contribution in [0.15, 0.2) is 24.3 Å². The van der Waals surface area contributed by atoms with Crippen LogP contribution < -0.4 is 16.4 Å². The molecule has 0 bridgehead atoms. The summed E-state index contributed by atoms with van der Waals surface area (Å²) in [6.45, 7) is 7.26. The summed E-state index contributed by atoms with van der Waals surface area (Å²) in [6.07, 6.45) is 2.99. The third-order valence-electron chi connectivity index (χ3n) is 5.33. The minimum Gasteiger partial charge on any atom is -0.368 e. The molecule has 2 aromatic rings. The molecule has 0 saturated heterocycles. The average molecular weight is 352 g/mol. The zero-order valence-corrected chi connectivity index (χ0v) is 15.5. The number of nitrogens with two attached hydrogens (primary N) is 1. The van der Waals surface area contributed by atoms with Gasteiger partial charge in [-0.3, -0.25) is 4.90 Å². The maximum absolute atomic E-state index is 5.95. The van der Waals surface area contributed by atoms with E-state index in [1.165, 1.54) is 16.7 Å². The van der Waals surface area contributed by atoms with Crippen molar-refractivity contribution in [2.75, 3.05) is 37.2 Å². The lowest BCUT2D eigenvalue weighted by atomic mass is 9.99. The number of nitrogen functional groups attached to an aromatic ring is 1. The summed E-state index contributed by atoms with van der Waals surface area (Å²) in [5, 5.41) is 7.03. The number of rotatable bonds is 4. The number of fused-ring (bicyclic) bond motifs is 2. The highest BCUT2D eigenvalue weighted by Gasteiger charge is 2.20. The fourth-order valence-corrected chi connectivity index (χ4v) is 4.06. The predicted molar refractivity (Wildman–Crippen MR) is 105 cm³/mol. The predicted octanol–water partition coefficient (Wildman–Crippen LogP) is 1.61. The van der Waals surface area contributed by atoms with Crippen LogP contribution in [0.1, 0.15) is 29.3 Å². The molecule has 1 aromatic carbocycles. The smallest absolute Gasteiger partial charge is 0.222 e. The molecule has 0 amide bonds. The fraction of sp³-hybridized carbons (Fsp3) is 0.500. The van der Waals surface area contributed by atoms with Gasteiger partial charge in [0.05, 0.1) is 5.69 Å². The molecule has 3 heterocycles. The maximum Gasteiger partial charge on any atom is 0.222 e. The van der Waals surface area contributed by atoms with Gasteiger partial charge in [0, 0.05) is 44.2 Å². The first kappa shape index (κ1) is 17.2. The monoisotopic (exact) mass is 352 g/mol. The fourth-order valence-electron chi connectivity index (χ4n) is 4.06. The molecule has 0 aliphatic carbocycles. The van der Waals surface area contributed by atoms with Crippen LogP contribution in [0.3, 0.4) is 0 Å². The topological polar surface area (TPSA) is 79.1 Å². The number of aromatic nitrogens is 2. The summed E-state index contributed by atoms with van der Waals surface area (Å²) in [5.74, 6) is 1.29. The van der Waals surface area contributed by atoms with Crippen molar-refractivity contribution < 1.29 is 0 Å². The van der Waals surface area contributed by atoms with Gasteiger partial charge in [0.1, 0.15) is 5.82 Å². The van der Waals surface area contributed by atoms with Crippen molar-refractivity contribution in [1.82, 2.24) is 20.2 Å². The van der Waals surface area contributed by atoms with Gasteiger partial charge in [-0.2, -0.15) is 4.98 Å². The largest absolute Gasteiger partial charge is 0.368 e. The van der Waals surface area contributed by atoms with Crippen LogP contribution >= 0.6 is 0 Å². The molecule has 26 heavy (non-hydrogen) atoms. The summed E-state index contributed by atoms with van der Waals surface area (Å²) in [4.78, 5) is 11.5. The molecule has 0 saturated carbocycles. The molecule has 1 aromatic heterocycles. The average Bonchev–Trinajstić information content (AvgIpc) is 2.87. The van der Waals surface area contributed by atoms with Crippen LogP contribution in [0.25, 0.3) is 0 Å². The van der Waals surface area contributed by atoms with Crippen LogP contribution in [-0.4, -0.2) is 47.1 Å². The van der Waals surface area contributed by atoms with Crippen LogP contribution in [0, 0.1) is 0 Å². The van der Waals surface area contributed by atoms with Gasteiger partial charge in [0.2, 0.25) is 5.95 Å². The first-order valence-corrected chi connectivity index (χ1v) is 9.60. The lowest BCUT2D eigenvalue weighted by molar-refractivity contribution is 0.247. The van der Waals surface area contributed by atoms with Gasteiger partial charge in [0.15, 0.2) is 0 Å². The van der Waals surface area contributed by atoms with E-state index < -0.39 is 0 Å². The van der Waals surface area contributed by atoms with E-state index in [-0.39, 0.29) is 0 Å². The zero-order valence-electron chi connectivity index (χ0n) is 15.5. The number of hydrogen-bond donors (Lipinski definition) is 3. The summed E-state index contributed by atoms with van der Waals surface area (Å²) in [5.41, 5.74) is 11.2. The van der Waals surface area contributed by atoms with Crippen molar-refractivity contribution in [3.63, 3.8) is 0 Å². The van der Waals surface area contributed by atoms with Gasteiger partial charge >= 0.3 is 0 Å².